The minimum absolute atomic E-state index is 0.0495. The molecule has 0 saturated carbocycles. The number of esters is 1. The number of nitrogens with one attached hydrogen (secondary N) is 3. The molecule has 0 aliphatic carbocycles. The Hall–Kier alpha value is -4.85. The molecule has 0 saturated heterocycles. The van der Waals surface area contributed by atoms with Gasteiger partial charge < -0.3 is 45.5 Å². The van der Waals surface area contributed by atoms with Gasteiger partial charge in [0.25, 0.3) is 0 Å². The van der Waals surface area contributed by atoms with Gasteiger partial charge in [-0.25, -0.2) is 9.59 Å². The van der Waals surface area contributed by atoms with Crippen molar-refractivity contribution in [2.45, 2.75) is 70.3 Å². The molecule has 0 radical (unpaired) electrons. The third-order valence-corrected chi connectivity index (χ3v) is 7.51. The molecule has 0 spiro atoms. The Morgan fingerprint density at radius 3 is 2.19 bits per heavy atom. The quantitative estimate of drug-likeness (QED) is 0.306. The fourth-order valence-corrected chi connectivity index (χ4v) is 5.13. The van der Waals surface area contributed by atoms with Crippen molar-refractivity contribution in [3.05, 3.63) is 47.5 Å². The lowest BCUT2D eigenvalue weighted by Crippen LogP contribution is -2.54. The van der Waals surface area contributed by atoms with Gasteiger partial charge in [-0.3, -0.25) is 14.4 Å². The number of carbonyl (C=O) groups is 5. The number of fused-ring (bicyclic) bond motifs is 5. The Morgan fingerprint density at radius 2 is 1.60 bits per heavy atom. The zero-order chi connectivity index (χ0) is 35.1. The monoisotopic (exact) mass is 655 g/mol. The van der Waals surface area contributed by atoms with Gasteiger partial charge in [-0.1, -0.05) is 12.1 Å². The molecule has 4 bridgehead atoms. The summed E-state index contributed by atoms with van der Waals surface area (Å²) >= 11 is 0. The van der Waals surface area contributed by atoms with E-state index in [0.717, 1.165) is 0 Å². The molecule has 5 N–H and O–H groups in total. The molecule has 2 aromatic rings. The van der Waals surface area contributed by atoms with Gasteiger partial charge in [0, 0.05) is 31.1 Å². The summed E-state index contributed by atoms with van der Waals surface area (Å²) in [6.45, 7) is 6.70. The molecule has 4 unspecified atom stereocenters. The summed E-state index contributed by atoms with van der Waals surface area (Å²) in [5.74, 6) is -1.62. The minimum atomic E-state index is -1.25. The molecule has 1 aliphatic rings. The van der Waals surface area contributed by atoms with Gasteiger partial charge in [0.05, 0.1) is 27.4 Å². The molecule has 14 nitrogen and oxygen atoms in total. The van der Waals surface area contributed by atoms with Crippen LogP contribution in [0.3, 0.4) is 0 Å². The van der Waals surface area contributed by atoms with Crippen LogP contribution in [0.4, 0.5) is 4.79 Å². The number of nitrogens with zero attached hydrogens (tertiary/aromatic N) is 1. The van der Waals surface area contributed by atoms with Crippen molar-refractivity contribution in [1.29, 1.82) is 0 Å². The Morgan fingerprint density at radius 1 is 0.979 bits per heavy atom. The number of benzene rings is 2. The Kier molecular flexibility index (Phi) is 12.2. The van der Waals surface area contributed by atoms with E-state index in [9.17, 15) is 24.0 Å². The predicted molar refractivity (Wildman–Crippen MR) is 173 cm³/mol. The molecule has 0 fully saturated rings. The Labute approximate surface area is 274 Å². The number of likely N-dealkylation sites (N-methyl/N-ethyl adjacent to an activating group) is 1. The molecular weight excluding hydrogens is 610 g/mol. The van der Waals surface area contributed by atoms with Gasteiger partial charge >= 0.3 is 12.1 Å². The molecule has 4 amide bonds. The van der Waals surface area contributed by atoms with Gasteiger partial charge in [-0.15, -0.1) is 0 Å². The zero-order valence-electron chi connectivity index (χ0n) is 28.1. The van der Waals surface area contributed by atoms with Crippen molar-refractivity contribution in [2.24, 2.45) is 5.73 Å². The highest BCUT2D eigenvalue weighted by atomic mass is 16.6. The van der Waals surface area contributed by atoms with E-state index in [1.807, 2.05) is 0 Å². The fourth-order valence-electron chi connectivity index (χ4n) is 5.13. The standard InChI is InChI=1S/C33H45N5O9/c1-18-28(39)37-24(31(42)46-8)16-19-9-11-25(44-6)21(15-19)22-17-20(10-12-26(22)45-7)27(29(40)36-18)38(5)30(41)23(34)13-14-35-32(43)47-33(2,3)4/h9-12,15,17-18,23-24,27H,13-14,16,34H2,1-8H3,(H,35,43)(H,36,40)(H,37,39). The molecule has 1 aliphatic heterocycles. The minimum Gasteiger partial charge on any atom is -0.496 e. The van der Waals surface area contributed by atoms with Crippen LogP contribution in [0.2, 0.25) is 0 Å². The summed E-state index contributed by atoms with van der Waals surface area (Å²) < 4.78 is 21.5. The van der Waals surface area contributed by atoms with Crippen molar-refractivity contribution in [3.63, 3.8) is 0 Å². The Bertz CT molecular complexity index is 1490. The highest BCUT2D eigenvalue weighted by Crippen LogP contribution is 2.39. The summed E-state index contributed by atoms with van der Waals surface area (Å²) in [5, 5.41) is 7.90. The van der Waals surface area contributed by atoms with Crippen molar-refractivity contribution < 1.29 is 42.9 Å². The lowest BCUT2D eigenvalue weighted by molar-refractivity contribution is -0.145. The highest BCUT2D eigenvalue weighted by molar-refractivity contribution is 5.95. The van der Waals surface area contributed by atoms with E-state index in [1.54, 1.807) is 57.2 Å². The number of methoxy groups -OCH3 is 3. The van der Waals surface area contributed by atoms with E-state index in [2.05, 4.69) is 16.0 Å². The number of ether oxygens (including phenoxy) is 4. The smallest absolute Gasteiger partial charge is 0.407 e. The number of alkyl carbamates (subject to hydrolysis) is 1. The van der Waals surface area contributed by atoms with Gasteiger partial charge in [0.2, 0.25) is 17.7 Å². The number of hydrogen-bond acceptors (Lipinski definition) is 10. The van der Waals surface area contributed by atoms with Gasteiger partial charge in [-0.2, -0.15) is 0 Å². The summed E-state index contributed by atoms with van der Waals surface area (Å²) in [4.78, 5) is 66.7. The number of rotatable bonds is 8. The maximum Gasteiger partial charge on any atom is 0.407 e. The molecule has 14 heteroatoms. The zero-order valence-corrected chi connectivity index (χ0v) is 28.1. The number of carbonyl (C=O) groups excluding carboxylic acids is 5. The summed E-state index contributed by atoms with van der Waals surface area (Å²) in [6.07, 6.45) is -0.496. The summed E-state index contributed by atoms with van der Waals surface area (Å²) in [6, 6.07) is 5.82. The van der Waals surface area contributed by atoms with Gasteiger partial charge in [-0.05, 0) is 69.5 Å². The molecule has 2 aromatic carbocycles. The average Bonchev–Trinajstić information content (AvgIpc) is 3.02. The lowest BCUT2D eigenvalue weighted by Gasteiger charge is -2.31. The second-order valence-electron chi connectivity index (χ2n) is 12.2. The Balaban J connectivity index is 2.07. The van der Waals surface area contributed by atoms with Crippen molar-refractivity contribution in [3.8, 4) is 22.6 Å². The SMILES string of the molecule is COC(=O)C1Cc2ccc(OC)c(c2)-c2cc(ccc2OC)C(N(C)C(=O)C(N)CCNC(=O)OC(C)(C)C)C(=O)NC(C)C(=O)N1. The second-order valence-corrected chi connectivity index (χ2v) is 12.2. The first-order valence-corrected chi connectivity index (χ1v) is 15.1. The van der Waals surface area contributed by atoms with E-state index in [4.69, 9.17) is 24.7 Å². The largest absolute Gasteiger partial charge is 0.496 e. The maximum atomic E-state index is 13.9. The van der Waals surface area contributed by atoms with Crippen LogP contribution in [0.5, 0.6) is 11.5 Å². The van der Waals surface area contributed by atoms with Crippen LogP contribution in [-0.4, -0.2) is 93.3 Å². The van der Waals surface area contributed by atoms with Gasteiger partial charge in [0.15, 0.2) is 0 Å². The summed E-state index contributed by atoms with van der Waals surface area (Å²) in [5.41, 5.74) is 7.77. The van der Waals surface area contributed by atoms with Crippen LogP contribution in [0.15, 0.2) is 36.4 Å². The molecule has 0 aromatic heterocycles. The fraction of sp³-hybridized carbons (Fsp3) is 0.485. The van der Waals surface area contributed by atoms with Crippen LogP contribution in [0, 0.1) is 0 Å². The third kappa shape index (κ3) is 9.35. The molecule has 256 valence electrons. The first-order valence-electron chi connectivity index (χ1n) is 15.1. The molecule has 1 heterocycles. The topological polar surface area (TPSA) is 188 Å². The number of nitrogens with two attached hydrogens (primary N) is 1. The maximum absolute atomic E-state index is 13.9. The van der Waals surface area contributed by atoms with E-state index >= 15 is 0 Å². The van der Waals surface area contributed by atoms with Crippen LogP contribution in [0.1, 0.15) is 51.3 Å². The van der Waals surface area contributed by atoms with E-state index < -0.39 is 59.6 Å². The van der Waals surface area contributed by atoms with Crippen LogP contribution >= 0.6 is 0 Å². The van der Waals surface area contributed by atoms with Crippen molar-refractivity contribution >= 4 is 29.8 Å². The molecular formula is C33H45N5O9. The van der Waals surface area contributed by atoms with E-state index in [-0.39, 0.29) is 19.4 Å². The van der Waals surface area contributed by atoms with E-state index in [1.165, 1.54) is 40.2 Å². The van der Waals surface area contributed by atoms with Crippen LogP contribution < -0.4 is 31.2 Å². The number of amides is 4. The molecule has 4 atom stereocenters. The normalized spacial score (nSPS) is 18.8. The molecule has 3 rings (SSSR count). The van der Waals surface area contributed by atoms with E-state index in [0.29, 0.717) is 33.8 Å². The van der Waals surface area contributed by atoms with Crippen molar-refractivity contribution in [2.75, 3.05) is 34.9 Å². The number of hydrogen-bond donors (Lipinski definition) is 4. The van der Waals surface area contributed by atoms with Crippen molar-refractivity contribution in [1.82, 2.24) is 20.9 Å². The van der Waals surface area contributed by atoms with Gasteiger partial charge in [0.1, 0.15) is 35.2 Å². The summed E-state index contributed by atoms with van der Waals surface area (Å²) in [7, 11) is 5.66. The van der Waals surface area contributed by atoms with Crippen LogP contribution in [0.25, 0.3) is 11.1 Å². The third-order valence-electron chi connectivity index (χ3n) is 7.51. The van der Waals surface area contributed by atoms with Crippen LogP contribution in [-0.2, 0) is 35.1 Å². The average molecular weight is 656 g/mol. The first kappa shape index (κ1) is 36.6. The molecule has 47 heavy (non-hydrogen) atoms. The highest BCUT2D eigenvalue weighted by Gasteiger charge is 2.35. The lowest BCUT2D eigenvalue weighted by atomic mass is 9.93. The second kappa shape index (κ2) is 15.6. The first-order chi connectivity index (χ1) is 22.1. The predicted octanol–water partition coefficient (Wildman–Crippen LogP) is 1.83.